The van der Waals surface area contributed by atoms with Crippen molar-refractivity contribution in [3.05, 3.63) is 0 Å². The summed E-state index contributed by atoms with van der Waals surface area (Å²) in [5, 5.41) is 0. The Morgan fingerprint density at radius 1 is 0.700 bits per heavy atom. The smallest absolute Gasteiger partial charge is 0.0113 e. The minimum Gasteiger partial charge on any atom is -0.302 e. The van der Waals surface area contributed by atoms with Crippen LogP contribution in [0.25, 0.3) is 0 Å². The molecule has 0 bridgehead atoms. The molecular formula is C17H35N3. The van der Waals surface area contributed by atoms with E-state index in [1.54, 1.807) is 0 Å². The zero-order valence-electron chi connectivity index (χ0n) is 13.8. The van der Waals surface area contributed by atoms with Crippen molar-refractivity contribution in [2.24, 2.45) is 0 Å². The van der Waals surface area contributed by atoms with Crippen LogP contribution < -0.4 is 0 Å². The van der Waals surface area contributed by atoms with Gasteiger partial charge < -0.3 is 4.90 Å². The van der Waals surface area contributed by atoms with Crippen molar-refractivity contribution in [3.8, 4) is 0 Å². The molecule has 2 fully saturated rings. The second-order valence-corrected chi connectivity index (χ2v) is 6.66. The van der Waals surface area contributed by atoms with E-state index < -0.39 is 0 Å². The Hall–Kier alpha value is -0.120. The molecule has 0 spiro atoms. The Bertz CT molecular complexity index is 237. The van der Waals surface area contributed by atoms with Crippen molar-refractivity contribution in [2.45, 2.75) is 58.4 Å². The maximum atomic E-state index is 2.76. The second-order valence-electron chi connectivity index (χ2n) is 6.66. The van der Waals surface area contributed by atoms with Crippen LogP contribution in [-0.4, -0.2) is 73.1 Å². The first kappa shape index (κ1) is 16.3. The molecule has 0 aromatic carbocycles. The molecule has 3 heteroatoms. The summed E-state index contributed by atoms with van der Waals surface area (Å²) in [7, 11) is 0. The lowest BCUT2D eigenvalue weighted by atomic mass is 10.0. The topological polar surface area (TPSA) is 9.72 Å². The predicted molar refractivity (Wildman–Crippen MR) is 87.3 cm³/mol. The Labute approximate surface area is 126 Å². The number of likely N-dealkylation sites (tertiary alicyclic amines) is 1. The van der Waals surface area contributed by atoms with Gasteiger partial charge in [0.15, 0.2) is 0 Å². The van der Waals surface area contributed by atoms with E-state index in [0.717, 1.165) is 6.04 Å². The van der Waals surface area contributed by atoms with Crippen LogP contribution in [-0.2, 0) is 0 Å². The van der Waals surface area contributed by atoms with Crippen molar-refractivity contribution in [3.63, 3.8) is 0 Å². The molecule has 2 saturated heterocycles. The van der Waals surface area contributed by atoms with E-state index in [9.17, 15) is 0 Å². The molecule has 2 aliphatic heterocycles. The molecule has 2 heterocycles. The van der Waals surface area contributed by atoms with Gasteiger partial charge in [0.2, 0.25) is 0 Å². The van der Waals surface area contributed by atoms with Crippen LogP contribution in [0.15, 0.2) is 0 Å². The van der Waals surface area contributed by atoms with Gasteiger partial charge in [-0.05, 0) is 38.8 Å². The maximum Gasteiger partial charge on any atom is 0.0113 e. The van der Waals surface area contributed by atoms with Crippen LogP contribution in [0.3, 0.4) is 0 Å². The van der Waals surface area contributed by atoms with E-state index in [2.05, 4.69) is 28.5 Å². The first-order chi connectivity index (χ1) is 9.83. The number of hydrogen-bond acceptors (Lipinski definition) is 3. The molecule has 3 nitrogen and oxygen atoms in total. The lowest BCUT2D eigenvalue weighted by molar-refractivity contribution is 0.0822. The number of piperazine rings is 1. The molecule has 0 N–H and O–H groups in total. The zero-order chi connectivity index (χ0) is 14.2. The van der Waals surface area contributed by atoms with Gasteiger partial charge in [-0.15, -0.1) is 0 Å². The highest BCUT2D eigenvalue weighted by Crippen LogP contribution is 2.16. The van der Waals surface area contributed by atoms with Crippen LogP contribution in [0.2, 0.25) is 0 Å². The Kier molecular flexibility index (Phi) is 7.32. The summed E-state index contributed by atoms with van der Waals surface area (Å²) in [6.07, 6.45) is 8.29. The molecule has 2 aliphatic rings. The quantitative estimate of drug-likeness (QED) is 0.677. The highest BCUT2D eigenvalue weighted by molar-refractivity contribution is 4.79. The van der Waals surface area contributed by atoms with Gasteiger partial charge in [0.1, 0.15) is 0 Å². The Balaban J connectivity index is 1.65. The van der Waals surface area contributed by atoms with E-state index in [-0.39, 0.29) is 0 Å². The molecule has 0 radical (unpaired) electrons. The standard InChI is InChI=1S/C17H35N3/c1-3-7-17(8-4-2)20-15-13-19(14-16-20)12-11-18-9-5-6-10-18/h17H,3-16H2,1-2H3. The zero-order valence-corrected chi connectivity index (χ0v) is 13.8. The third kappa shape index (κ3) is 5.01. The molecule has 0 aromatic rings. The van der Waals surface area contributed by atoms with E-state index in [1.807, 2.05) is 0 Å². The molecule has 0 atom stereocenters. The van der Waals surface area contributed by atoms with Crippen LogP contribution in [0.5, 0.6) is 0 Å². The van der Waals surface area contributed by atoms with Gasteiger partial charge in [-0.2, -0.15) is 0 Å². The third-order valence-corrected chi connectivity index (χ3v) is 5.10. The minimum atomic E-state index is 0.853. The third-order valence-electron chi connectivity index (χ3n) is 5.10. The summed E-state index contributed by atoms with van der Waals surface area (Å²) in [6.45, 7) is 15.1. The fraction of sp³-hybridized carbons (Fsp3) is 1.00. The molecule has 0 saturated carbocycles. The number of nitrogens with zero attached hydrogens (tertiary/aromatic N) is 3. The fourth-order valence-corrected chi connectivity index (χ4v) is 3.82. The van der Waals surface area contributed by atoms with Crippen molar-refractivity contribution >= 4 is 0 Å². The van der Waals surface area contributed by atoms with E-state index in [0.29, 0.717) is 0 Å². The van der Waals surface area contributed by atoms with Crippen LogP contribution in [0.1, 0.15) is 52.4 Å². The minimum absolute atomic E-state index is 0.853. The molecule has 2 rings (SSSR count). The molecule has 20 heavy (non-hydrogen) atoms. The van der Waals surface area contributed by atoms with E-state index >= 15 is 0 Å². The van der Waals surface area contributed by atoms with Gasteiger partial charge in [-0.3, -0.25) is 9.80 Å². The van der Waals surface area contributed by atoms with Gasteiger partial charge in [0, 0.05) is 45.3 Å². The summed E-state index contributed by atoms with van der Waals surface area (Å²) in [6, 6.07) is 0.853. The van der Waals surface area contributed by atoms with Crippen molar-refractivity contribution in [2.75, 3.05) is 52.4 Å². The number of rotatable bonds is 8. The SMILES string of the molecule is CCCC(CCC)N1CCN(CCN2CCCC2)CC1. The highest BCUT2D eigenvalue weighted by Gasteiger charge is 2.23. The molecule has 0 amide bonds. The summed E-state index contributed by atoms with van der Waals surface area (Å²) in [4.78, 5) is 8.09. The van der Waals surface area contributed by atoms with Crippen LogP contribution in [0.4, 0.5) is 0 Å². The van der Waals surface area contributed by atoms with Gasteiger partial charge in [-0.1, -0.05) is 26.7 Å². The Morgan fingerprint density at radius 3 is 1.70 bits per heavy atom. The van der Waals surface area contributed by atoms with Crippen LogP contribution >= 0.6 is 0 Å². The van der Waals surface area contributed by atoms with Gasteiger partial charge >= 0.3 is 0 Å². The first-order valence-electron chi connectivity index (χ1n) is 9.02. The summed E-state index contributed by atoms with van der Waals surface area (Å²) >= 11 is 0. The second kappa shape index (κ2) is 9.01. The average molecular weight is 281 g/mol. The van der Waals surface area contributed by atoms with Gasteiger partial charge in [0.25, 0.3) is 0 Å². The summed E-state index contributed by atoms with van der Waals surface area (Å²) in [5.41, 5.74) is 0. The molecule has 0 aromatic heterocycles. The van der Waals surface area contributed by atoms with Crippen molar-refractivity contribution in [1.29, 1.82) is 0 Å². The largest absolute Gasteiger partial charge is 0.302 e. The van der Waals surface area contributed by atoms with Gasteiger partial charge in [0.05, 0.1) is 0 Å². The summed E-state index contributed by atoms with van der Waals surface area (Å²) < 4.78 is 0. The monoisotopic (exact) mass is 281 g/mol. The average Bonchev–Trinajstić information content (AvgIpc) is 2.99. The predicted octanol–water partition coefficient (Wildman–Crippen LogP) is 2.67. The molecule has 118 valence electrons. The van der Waals surface area contributed by atoms with Crippen molar-refractivity contribution in [1.82, 2.24) is 14.7 Å². The maximum absolute atomic E-state index is 2.76. The summed E-state index contributed by atoms with van der Waals surface area (Å²) in [5.74, 6) is 0. The molecule has 0 aliphatic carbocycles. The Morgan fingerprint density at radius 2 is 1.20 bits per heavy atom. The van der Waals surface area contributed by atoms with Gasteiger partial charge in [-0.25, -0.2) is 0 Å². The fourth-order valence-electron chi connectivity index (χ4n) is 3.82. The highest BCUT2D eigenvalue weighted by atomic mass is 15.3. The molecule has 0 unspecified atom stereocenters. The first-order valence-corrected chi connectivity index (χ1v) is 9.02. The van der Waals surface area contributed by atoms with E-state index in [1.165, 1.54) is 90.9 Å². The lowest BCUT2D eigenvalue weighted by Gasteiger charge is -2.39. The normalized spacial score (nSPS) is 22.9. The van der Waals surface area contributed by atoms with E-state index in [4.69, 9.17) is 0 Å². The molecular weight excluding hydrogens is 246 g/mol. The lowest BCUT2D eigenvalue weighted by Crippen LogP contribution is -2.51. The van der Waals surface area contributed by atoms with Crippen LogP contribution in [0, 0.1) is 0 Å². The number of hydrogen-bond donors (Lipinski definition) is 0. The van der Waals surface area contributed by atoms with Crippen molar-refractivity contribution < 1.29 is 0 Å².